The Kier molecular flexibility index (Phi) is 3.55. The Morgan fingerprint density at radius 2 is 1.54 bits per heavy atom. The Morgan fingerprint density at radius 3 is 2.25 bits per heavy atom. The second kappa shape index (κ2) is 5.60. The smallest absolute Gasteiger partial charge is 0.00585 e. The van der Waals surface area contributed by atoms with Crippen LogP contribution in [0, 0.1) is 5.41 Å². The molecule has 5 rings (SSSR count). The maximum Gasteiger partial charge on any atom is -0.00585 e. The number of hydrogen-bond donors (Lipinski definition) is 0. The number of allylic oxidation sites excluding steroid dienone is 3. The molecule has 28 heavy (non-hydrogen) atoms. The summed E-state index contributed by atoms with van der Waals surface area (Å²) in [4.78, 5) is 0. The van der Waals surface area contributed by atoms with Gasteiger partial charge in [-0.25, -0.2) is 0 Å². The summed E-state index contributed by atoms with van der Waals surface area (Å²) >= 11 is 0. The predicted molar refractivity (Wildman–Crippen MR) is 124 cm³/mol. The van der Waals surface area contributed by atoms with Gasteiger partial charge < -0.3 is 0 Å². The van der Waals surface area contributed by atoms with Crippen LogP contribution >= 0.6 is 0 Å². The average molecular weight is 367 g/mol. The van der Waals surface area contributed by atoms with E-state index in [9.17, 15) is 0 Å². The van der Waals surface area contributed by atoms with Gasteiger partial charge in [-0.3, -0.25) is 0 Å². The van der Waals surface area contributed by atoms with E-state index in [1.807, 2.05) is 0 Å². The third kappa shape index (κ3) is 2.37. The molecule has 0 radical (unpaired) electrons. The van der Waals surface area contributed by atoms with Crippen molar-refractivity contribution in [2.24, 2.45) is 5.41 Å². The SMILES string of the molecule is CC(C)(C)C1=CCc2cccc3c2c1c1c2c(ccc(C(C)(C)C)c23)C=CC1. The molecule has 0 N–H and O–H groups in total. The van der Waals surface area contributed by atoms with Crippen molar-refractivity contribution in [1.29, 1.82) is 0 Å². The lowest BCUT2D eigenvalue weighted by atomic mass is 9.70. The summed E-state index contributed by atoms with van der Waals surface area (Å²) in [6, 6.07) is 11.7. The van der Waals surface area contributed by atoms with Gasteiger partial charge in [0.2, 0.25) is 0 Å². The van der Waals surface area contributed by atoms with Crippen LogP contribution in [-0.2, 0) is 18.3 Å². The molecule has 0 nitrogen and oxygen atoms in total. The molecule has 0 spiro atoms. The second-order valence-electron chi connectivity index (χ2n) is 10.6. The molecular weight excluding hydrogens is 336 g/mol. The molecule has 3 aromatic carbocycles. The number of hydrogen-bond acceptors (Lipinski definition) is 0. The Morgan fingerprint density at radius 1 is 0.750 bits per heavy atom. The number of benzene rings is 3. The van der Waals surface area contributed by atoms with Crippen LogP contribution in [0.3, 0.4) is 0 Å². The molecule has 0 aromatic heterocycles. The lowest BCUT2D eigenvalue weighted by molar-refractivity contribution is 0.565. The molecule has 0 amide bonds. The maximum absolute atomic E-state index is 2.49. The lowest BCUT2D eigenvalue weighted by Gasteiger charge is -2.34. The molecule has 0 saturated heterocycles. The summed E-state index contributed by atoms with van der Waals surface area (Å²) < 4.78 is 0. The molecule has 2 aliphatic carbocycles. The molecule has 0 fully saturated rings. The zero-order valence-corrected chi connectivity index (χ0v) is 18.0. The van der Waals surface area contributed by atoms with Crippen molar-refractivity contribution in [3.63, 3.8) is 0 Å². The molecule has 0 saturated carbocycles. The van der Waals surface area contributed by atoms with E-state index >= 15 is 0 Å². The topological polar surface area (TPSA) is 0 Å². The second-order valence-corrected chi connectivity index (χ2v) is 10.6. The van der Waals surface area contributed by atoms with Crippen molar-refractivity contribution < 1.29 is 0 Å². The van der Waals surface area contributed by atoms with Gasteiger partial charge in [-0.2, -0.15) is 0 Å². The van der Waals surface area contributed by atoms with E-state index < -0.39 is 0 Å². The van der Waals surface area contributed by atoms with Crippen LogP contribution in [0.15, 0.2) is 42.5 Å². The first kappa shape index (κ1) is 17.7. The minimum absolute atomic E-state index is 0.119. The molecule has 0 aliphatic heterocycles. The molecule has 0 unspecified atom stereocenters. The van der Waals surface area contributed by atoms with Gasteiger partial charge in [0, 0.05) is 0 Å². The monoisotopic (exact) mass is 366 g/mol. The van der Waals surface area contributed by atoms with Crippen LogP contribution in [0.25, 0.3) is 33.2 Å². The number of fused-ring (bicyclic) bond motifs is 2. The predicted octanol–water partition coefficient (Wildman–Crippen LogP) is 7.85. The van der Waals surface area contributed by atoms with Crippen molar-refractivity contribution in [2.45, 2.75) is 59.8 Å². The average Bonchev–Trinajstić information content (AvgIpc) is 2.63. The molecular formula is C28H30. The largest absolute Gasteiger partial charge is 0.0795 e. The molecule has 0 atom stereocenters. The van der Waals surface area contributed by atoms with Crippen molar-refractivity contribution >= 4 is 33.2 Å². The summed E-state index contributed by atoms with van der Waals surface area (Å²) in [6.07, 6.45) is 9.25. The van der Waals surface area contributed by atoms with E-state index in [0.717, 1.165) is 12.8 Å². The van der Waals surface area contributed by atoms with Gasteiger partial charge in [-0.05, 0) is 78.6 Å². The van der Waals surface area contributed by atoms with Gasteiger partial charge in [0.1, 0.15) is 0 Å². The Labute approximate surface area is 169 Å². The number of rotatable bonds is 0. The summed E-state index contributed by atoms with van der Waals surface area (Å²) in [6.45, 7) is 14.1. The van der Waals surface area contributed by atoms with E-state index in [4.69, 9.17) is 0 Å². The standard InChI is InChI=1S/C28H30/c1-27(2,3)21-15-13-17-9-8-12-20-23(17)25(21)19-11-7-10-18-14-16-22(28(4,5)6)26(20)24(18)19/h7-11,13,15-16H,12,14H2,1-6H3. The van der Waals surface area contributed by atoms with Crippen LogP contribution in [0.4, 0.5) is 0 Å². The fraction of sp³-hybridized carbons (Fsp3) is 0.357. The van der Waals surface area contributed by atoms with Gasteiger partial charge in [-0.15, -0.1) is 0 Å². The van der Waals surface area contributed by atoms with Gasteiger partial charge in [0.05, 0.1) is 0 Å². The molecule has 142 valence electrons. The van der Waals surface area contributed by atoms with Crippen LogP contribution in [-0.4, -0.2) is 0 Å². The highest BCUT2D eigenvalue weighted by atomic mass is 14.3. The molecule has 0 heterocycles. The fourth-order valence-corrected chi connectivity index (χ4v) is 5.34. The molecule has 0 bridgehead atoms. The highest BCUT2D eigenvalue weighted by Gasteiger charge is 2.31. The van der Waals surface area contributed by atoms with Crippen molar-refractivity contribution in [1.82, 2.24) is 0 Å². The minimum atomic E-state index is 0.119. The first-order valence-corrected chi connectivity index (χ1v) is 10.6. The van der Waals surface area contributed by atoms with Gasteiger partial charge in [0.25, 0.3) is 0 Å². The van der Waals surface area contributed by atoms with Crippen LogP contribution in [0.2, 0.25) is 0 Å². The zero-order valence-electron chi connectivity index (χ0n) is 18.0. The highest BCUT2D eigenvalue weighted by molar-refractivity contribution is 6.19. The maximum atomic E-state index is 2.49. The van der Waals surface area contributed by atoms with Crippen LogP contribution in [0.1, 0.15) is 69.4 Å². The summed E-state index contributed by atoms with van der Waals surface area (Å²) in [5.74, 6) is 0. The van der Waals surface area contributed by atoms with Crippen molar-refractivity contribution in [3.8, 4) is 0 Å². The summed E-state index contributed by atoms with van der Waals surface area (Å²) in [5, 5.41) is 5.94. The Bertz CT molecular complexity index is 1200. The third-order valence-corrected chi connectivity index (χ3v) is 6.54. The zero-order chi connectivity index (χ0) is 19.8. The molecule has 2 aliphatic rings. The minimum Gasteiger partial charge on any atom is -0.0795 e. The van der Waals surface area contributed by atoms with Gasteiger partial charge in [-0.1, -0.05) is 90.1 Å². The van der Waals surface area contributed by atoms with Crippen molar-refractivity contribution in [2.75, 3.05) is 0 Å². The van der Waals surface area contributed by atoms with Gasteiger partial charge in [0.15, 0.2) is 0 Å². The Balaban J connectivity index is 2.08. The van der Waals surface area contributed by atoms with Crippen LogP contribution < -0.4 is 0 Å². The van der Waals surface area contributed by atoms with Gasteiger partial charge >= 0.3 is 0 Å². The van der Waals surface area contributed by atoms with E-state index in [-0.39, 0.29) is 10.8 Å². The van der Waals surface area contributed by atoms with Crippen molar-refractivity contribution in [3.05, 3.63) is 70.3 Å². The van der Waals surface area contributed by atoms with E-state index in [1.165, 1.54) is 49.4 Å². The normalized spacial score (nSPS) is 16.0. The van der Waals surface area contributed by atoms with E-state index in [2.05, 4.69) is 90.1 Å². The first-order chi connectivity index (χ1) is 13.2. The van der Waals surface area contributed by atoms with E-state index in [0.29, 0.717) is 0 Å². The lowest BCUT2D eigenvalue weighted by Crippen LogP contribution is -2.17. The molecule has 3 aromatic rings. The van der Waals surface area contributed by atoms with E-state index in [1.54, 1.807) is 5.56 Å². The van der Waals surface area contributed by atoms with Crippen LogP contribution in [0.5, 0.6) is 0 Å². The Hall–Kier alpha value is -2.34. The highest BCUT2D eigenvalue weighted by Crippen LogP contribution is 2.50. The third-order valence-electron chi connectivity index (χ3n) is 6.54. The quantitative estimate of drug-likeness (QED) is 0.355. The summed E-state index contributed by atoms with van der Waals surface area (Å²) in [7, 11) is 0. The first-order valence-electron chi connectivity index (χ1n) is 10.6. The summed E-state index contributed by atoms with van der Waals surface area (Å²) in [5.41, 5.74) is 9.19. The fourth-order valence-electron chi connectivity index (χ4n) is 5.34. The molecule has 0 heteroatoms.